The smallest absolute Gasteiger partial charge is 0.138 e. The molecule has 0 fully saturated rings. The van der Waals surface area contributed by atoms with E-state index in [2.05, 4.69) is 25.4 Å². The fraction of sp³-hybridized carbons (Fsp3) is 0.571. The zero-order valence-electron chi connectivity index (χ0n) is 11.6. The zero-order valence-corrected chi connectivity index (χ0v) is 13.9. The summed E-state index contributed by atoms with van der Waals surface area (Å²) in [5.74, 6) is 0.112. The fourth-order valence-corrected chi connectivity index (χ4v) is 3.40. The summed E-state index contributed by atoms with van der Waals surface area (Å²) < 4.78 is 0.248. The average molecular weight is 322 g/mol. The number of phenolic OH excluding ortho intramolecular Hbond substituents is 1. The second-order valence-corrected chi connectivity index (χ2v) is 6.71. The van der Waals surface area contributed by atoms with E-state index in [4.69, 9.17) is 23.2 Å². The SMILES string of the molecule is CCC(CC)(CNCc1cc(Cl)cc(Cl)c1O)SC. The van der Waals surface area contributed by atoms with Crippen LogP contribution in [0.25, 0.3) is 0 Å². The quantitative estimate of drug-likeness (QED) is 0.762. The Labute approximate surface area is 129 Å². The van der Waals surface area contributed by atoms with E-state index in [-0.39, 0.29) is 10.5 Å². The maximum Gasteiger partial charge on any atom is 0.138 e. The highest BCUT2D eigenvalue weighted by molar-refractivity contribution is 8.00. The molecule has 0 aliphatic carbocycles. The van der Waals surface area contributed by atoms with Gasteiger partial charge in [0.05, 0.1) is 5.02 Å². The summed E-state index contributed by atoms with van der Waals surface area (Å²) in [4.78, 5) is 0. The first-order chi connectivity index (χ1) is 8.98. The van der Waals surface area contributed by atoms with Crippen LogP contribution in [0.3, 0.4) is 0 Å². The van der Waals surface area contributed by atoms with Crippen LogP contribution in [0, 0.1) is 0 Å². The van der Waals surface area contributed by atoms with Gasteiger partial charge in [-0.2, -0.15) is 11.8 Å². The third-order valence-corrected chi connectivity index (χ3v) is 5.69. The molecule has 0 aliphatic heterocycles. The van der Waals surface area contributed by atoms with Gasteiger partial charge in [0.2, 0.25) is 0 Å². The highest BCUT2D eigenvalue weighted by Gasteiger charge is 2.24. The molecule has 0 spiro atoms. The molecule has 1 rings (SSSR count). The molecule has 108 valence electrons. The van der Waals surface area contributed by atoms with Crippen molar-refractivity contribution in [2.75, 3.05) is 12.8 Å². The lowest BCUT2D eigenvalue weighted by Crippen LogP contribution is -2.36. The van der Waals surface area contributed by atoms with Gasteiger partial charge in [-0.1, -0.05) is 37.0 Å². The monoisotopic (exact) mass is 321 g/mol. The first-order valence-corrected chi connectivity index (χ1v) is 8.38. The molecule has 0 saturated heterocycles. The van der Waals surface area contributed by atoms with Crippen LogP contribution in [0.5, 0.6) is 5.75 Å². The van der Waals surface area contributed by atoms with Crippen LogP contribution in [-0.4, -0.2) is 22.7 Å². The Morgan fingerprint density at radius 1 is 1.26 bits per heavy atom. The Morgan fingerprint density at radius 2 is 1.89 bits per heavy atom. The molecule has 0 heterocycles. The molecule has 0 aromatic heterocycles. The molecular formula is C14H21Cl2NOS. The molecule has 19 heavy (non-hydrogen) atoms. The summed E-state index contributed by atoms with van der Waals surface area (Å²) >= 11 is 13.7. The van der Waals surface area contributed by atoms with Crippen molar-refractivity contribution in [1.29, 1.82) is 0 Å². The van der Waals surface area contributed by atoms with E-state index in [0.717, 1.165) is 24.9 Å². The first kappa shape index (κ1) is 17.0. The maximum atomic E-state index is 9.89. The molecule has 0 amide bonds. The van der Waals surface area contributed by atoms with Gasteiger partial charge in [-0.15, -0.1) is 0 Å². The highest BCUT2D eigenvalue weighted by atomic mass is 35.5. The highest BCUT2D eigenvalue weighted by Crippen LogP contribution is 2.32. The van der Waals surface area contributed by atoms with Crippen LogP contribution in [0.15, 0.2) is 12.1 Å². The number of hydrogen-bond acceptors (Lipinski definition) is 3. The summed E-state index contributed by atoms with van der Waals surface area (Å²) in [6.45, 7) is 5.87. The largest absolute Gasteiger partial charge is 0.506 e. The minimum Gasteiger partial charge on any atom is -0.506 e. The number of rotatable bonds is 7. The first-order valence-electron chi connectivity index (χ1n) is 6.40. The number of nitrogens with one attached hydrogen (secondary N) is 1. The van der Waals surface area contributed by atoms with Crippen LogP contribution in [0.4, 0.5) is 0 Å². The van der Waals surface area contributed by atoms with Gasteiger partial charge in [0, 0.05) is 28.4 Å². The van der Waals surface area contributed by atoms with Gasteiger partial charge in [-0.3, -0.25) is 0 Å². The predicted molar refractivity (Wildman–Crippen MR) is 86.7 cm³/mol. The van der Waals surface area contributed by atoms with Crippen LogP contribution >= 0.6 is 35.0 Å². The van der Waals surface area contributed by atoms with Crippen LogP contribution < -0.4 is 5.32 Å². The van der Waals surface area contributed by atoms with Crippen LogP contribution in [-0.2, 0) is 6.54 Å². The molecule has 0 unspecified atom stereocenters. The van der Waals surface area contributed by atoms with Gasteiger partial charge in [0.25, 0.3) is 0 Å². The lowest BCUT2D eigenvalue weighted by Gasteiger charge is -2.30. The summed E-state index contributed by atoms with van der Waals surface area (Å²) in [5.41, 5.74) is 0.736. The van der Waals surface area contributed by atoms with Crippen molar-refractivity contribution in [3.05, 3.63) is 27.7 Å². The van der Waals surface area contributed by atoms with E-state index in [1.165, 1.54) is 0 Å². The molecule has 0 radical (unpaired) electrons. The number of hydrogen-bond donors (Lipinski definition) is 2. The molecule has 1 aromatic rings. The number of phenols is 1. The Kier molecular flexibility index (Phi) is 6.81. The summed E-state index contributed by atoms with van der Waals surface area (Å²) in [6, 6.07) is 3.29. The van der Waals surface area contributed by atoms with E-state index in [0.29, 0.717) is 16.6 Å². The molecule has 2 nitrogen and oxygen atoms in total. The molecule has 1 aromatic carbocycles. The third kappa shape index (κ3) is 4.45. The molecule has 0 bridgehead atoms. The molecular weight excluding hydrogens is 301 g/mol. The standard InChI is InChI=1S/C14H21Cl2NOS/c1-4-14(5-2,19-3)9-17-8-10-6-11(15)7-12(16)13(10)18/h6-7,17-18H,4-5,8-9H2,1-3H3. The number of benzene rings is 1. The number of aromatic hydroxyl groups is 1. The Hall–Kier alpha value is -0.0900. The summed E-state index contributed by atoms with van der Waals surface area (Å²) in [7, 11) is 0. The van der Waals surface area contributed by atoms with Gasteiger partial charge in [-0.05, 0) is 31.2 Å². The van der Waals surface area contributed by atoms with Crippen molar-refractivity contribution in [2.45, 2.75) is 38.0 Å². The maximum absolute atomic E-state index is 9.89. The van der Waals surface area contributed by atoms with Gasteiger partial charge in [-0.25, -0.2) is 0 Å². The predicted octanol–water partition coefficient (Wildman–Crippen LogP) is 4.71. The van der Waals surface area contributed by atoms with Gasteiger partial charge < -0.3 is 10.4 Å². The third-order valence-electron chi connectivity index (χ3n) is 3.59. The van der Waals surface area contributed by atoms with Gasteiger partial charge in [0.1, 0.15) is 5.75 Å². The van der Waals surface area contributed by atoms with Gasteiger partial charge in [0.15, 0.2) is 0 Å². The Bertz CT molecular complexity index is 414. The van der Waals surface area contributed by atoms with E-state index in [9.17, 15) is 5.11 Å². The lowest BCUT2D eigenvalue weighted by atomic mass is 10.0. The molecule has 5 heteroatoms. The van der Waals surface area contributed by atoms with Crippen molar-refractivity contribution in [1.82, 2.24) is 5.32 Å². The lowest BCUT2D eigenvalue weighted by molar-refractivity contribution is 0.456. The van der Waals surface area contributed by atoms with E-state index >= 15 is 0 Å². The molecule has 0 saturated carbocycles. The van der Waals surface area contributed by atoms with E-state index in [1.807, 2.05) is 11.8 Å². The van der Waals surface area contributed by atoms with Crippen molar-refractivity contribution < 1.29 is 5.11 Å². The second-order valence-electron chi connectivity index (χ2n) is 4.59. The topological polar surface area (TPSA) is 32.3 Å². The number of thioether (sulfide) groups is 1. The minimum atomic E-state index is 0.112. The molecule has 0 aliphatic rings. The Balaban J connectivity index is 2.68. The van der Waals surface area contributed by atoms with Crippen molar-refractivity contribution in [3.8, 4) is 5.75 Å². The van der Waals surface area contributed by atoms with E-state index in [1.54, 1.807) is 12.1 Å². The average Bonchev–Trinajstić information content (AvgIpc) is 2.40. The van der Waals surface area contributed by atoms with Crippen LogP contribution in [0.2, 0.25) is 10.0 Å². The normalized spacial score (nSPS) is 11.8. The Morgan fingerprint density at radius 3 is 2.42 bits per heavy atom. The summed E-state index contributed by atoms with van der Waals surface area (Å²) in [5, 5.41) is 14.1. The van der Waals surface area contributed by atoms with Crippen LogP contribution in [0.1, 0.15) is 32.3 Å². The van der Waals surface area contributed by atoms with Gasteiger partial charge >= 0.3 is 0 Å². The zero-order chi connectivity index (χ0) is 14.5. The minimum absolute atomic E-state index is 0.112. The summed E-state index contributed by atoms with van der Waals surface area (Å²) in [6.07, 6.45) is 4.36. The van der Waals surface area contributed by atoms with E-state index < -0.39 is 0 Å². The molecule has 2 N–H and O–H groups in total. The second kappa shape index (κ2) is 7.63. The fourth-order valence-electron chi connectivity index (χ4n) is 2.04. The molecule has 0 atom stereocenters. The number of halogens is 2. The van der Waals surface area contributed by atoms with Crippen molar-refractivity contribution in [2.24, 2.45) is 0 Å². The van der Waals surface area contributed by atoms with Crippen molar-refractivity contribution >= 4 is 35.0 Å². The van der Waals surface area contributed by atoms with Crippen molar-refractivity contribution in [3.63, 3.8) is 0 Å².